The summed E-state index contributed by atoms with van der Waals surface area (Å²) in [5.74, 6) is -0.0199. The molecule has 0 aliphatic carbocycles. The van der Waals surface area contributed by atoms with Crippen molar-refractivity contribution in [2.75, 3.05) is 11.4 Å². The summed E-state index contributed by atoms with van der Waals surface area (Å²) in [6, 6.07) is 12.1. The van der Waals surface area contributed by atoms with Gasteiger partial charge in [0.25, 0.3) is 5.91 Å². The van der Waals surface area contributed by atoms with Gasteiger partial charge >= 0.3 is 0 Å². The molecule has 4 heteroatoms. The molecule has 110 valence electrons. The Labute approximate surface area is 129 Å². The molecule has 0 spiro atoms. The molecule has 0 radical (unpaired) electrons. The first kappa shape index (κ1) is 13.1. The third kappa shape index (κ3) is 2.08. The molecule has 0 saturated heterocycles. The largest absolute Gasteiger partial charge is 0.307 e. The van der Waals surface area contributed by atoms with Crippen LogP contribution in [0.4, 0.5) is 5.69 Å². The number of amides is 1. The van der Waals surface area contributed by atoms with Gasteiger partial charge in [0.2, 0.25) is 0 Å². The van der Waals surface area contributed by atoms with E-state index in [9.17, 15) is 4.79 Å². The van der Waals surface area contributed by atoms with E-state index < -0.39 is 0 Å². The summed E-state index contributed by atoms with van der Waals surface area (Å²) in [5, 5.41) is 0. The molecular formula is C18H17N3O. The van der Waals surface area contributed by atoms with Crippen LogP contribution in [0.3, 0.4) is 0 Å². The number of nitrogens with zero attached hydrogens (tertiary/aromatic N) is 3. The number of carbonyl (C=O) groups excluding carboxylic acids is 1. The Bertz CT molecular complexity index is 833. The number of anilines is 1. The first-order chi connectivity index (χ1) is 10.7. The van der Waals surface area contributed by atoms with Crippen LogP contribution in [0, 0.1) is 6.92 Å². The summed E-state index contributed by atoms with van der Waals surface area (Å²) in [4.78, 5) is 19.2. The number of hydrogen-bond acceptors (Lipinski definition) is 2. The molecule has 0 unspecified atom stereocenters. The Morgan fingerprint density at radius 2 is 2.14 bits per heavy atom. The Morgan fingerprint density at radius 3 is 3.00 bits per heavy atom. The van der Waals surface area contributed by atoms with Crippen molar-refractivity contribution in [3.05, 3.63) is 65.6 Å². The quantitative estimate of drug-likeness (QED) is 0.690. The molecule has 1 aliphatic heterocycles. The number of aromatic nitrogens is 2. The summed E-state index contributed by atoms with van der Waals surface area (Å²) in [7, 11) is 0. The average Bonchev–Trinajstić information content (AvgIpc) is 2.97. The van der Waals surface area contributed by atoms with Gasteiger partial charge in [-0.1, -0.05) is 23.8 Å². The van der Waals surface area contributed by atoms with Crippen LogP contribution >= 0.6 is 0 Å². The summed E-state index contributed by atoms with van der Waals surface area (Å²) in [5.41, 5.74) is 4.81. The van der Waals surface area contributed by atoms with Gasteiger partial charge in [0.15, 0.2) is 0 Å². The number of rotatable bonds is 1. The van der Waals surface area contributed by atoms with Crippen molar-refractivity contribution in [2.24, 2.45) is 0 Å². The van der Waals surface area contributed by atoms with E-state index >= 15 is 0 Å². The predicted molar refractivity (Wildman–Crippen MR) is 86.4 cm³/mol. The minimum absolute atomic E-state index is 0.0199. The van der Waals surface area contributed by atoms with E-state index in [-0.39, 0.29) is 5.91 Å². The molecule has 0 saturated carbocycles. The molecule has 4 rings (SSSR count). The average molecular weight is 291 g/mol. The minimum atomic E-state index is -0.0199. The lowest BCUT2D eigenvalue weighted by atomic mass is 9.99. The number of pyridine rings is 1. The van der Waals surface area contributed by atoms with Crippen LogP contribution in [-0.4, -0.2) is 21.8 Å². The number of aryl methyl sites for hydroxylation is 2. The molecule has 0 fully saturated rings. The van der Waals surface area contributed by atoms with E-state index in [1.165, 1.54) is 11.1 Å². The number of carbonyl (C=O) groups is 1. The lowest BCUT2D eigenvalue weighted by Gasteiger charge is -2.29. The van der Waals surface area contributed by atoms with Crippen LogP contribution in [0.25, 0.3) is 5.65 Å². The smallest absolute Gasteiger partial charge is 0.278 e. The SMILES string of the molecule is Cc1ccc2c(c1)CCCN2C(=O)c1cn2ccccc2n1. The highest BCUT2D eigenvalue weighted by atomic mass is 16.2. The highest BCUT2D eigenvalue weighted by molar-refractivity contribution is 6.05. The fourth-order valence-corrected chi connectivity index (χ4v) is 3.11. The van der Waals surface area contributed by atoms with Crippen LogP contribution in [0.5, 0.6) is 0 Å². The van der Waals surface area contributed by atoms with Crippen molar-refractivity contribution >= 4 is 17.2 Å². The van der Waals surface area contributed by atoms with E-state index in [4.69, 9.17) is 0 Å². The highest BCUT2D eigenvalue weighted by Crippen LogP contribution is 2.29. The molecule has 1 aromatic carbocycles. The van der Waals surface area contributed by atoms with Crippen LogP contribution in [0.1, 0.15) is 28.0 Å². The fraction of sp³-hybridized carbons (Fsp3) is 0.222. The van der Waals surface area contributed by atoms with Crippen molar-refractivity contribution in [1.82, 2.24) is 9.38 Å². The number of benzene rings is 1. The van der Waals surface area contributed by atoms with Crippen molar-refractivity contribution in [3.8, 4) is 0 Å². The number of fused-ring (bicyclic) bond motifs is 2. The second kappa shape index (κ2) is 4.98. The Morgan fingerprint density at radius 1 is 1.23 bits per heavy atom. The second-order valence-electron chi connectivity index (χ2n) is 5.78. The van der Waals surface area contributed by atoms with Crippen molar-refractivity contribution in [2.45, 2.75) is 19.8 Å². The molecule has 0 N–H and O–H groups in total. The lowest BCUT2D eigenvalue weighted by molar-refractivity contribution is 0.0981. The van der Waals surface area contributed by atoms with Crippen molar-refractivity contribution in [1.29, 1.82) is 0 Å². The summed E-state index contributed by atoms with van der Waals surface area (Å²) in [6.45, 7) is 2.84. The molecule has 0 atom stereocenters. The first-order valence-corrected chi connectivity index (χ1v) is 7.57. The molecule has 3 heterocycles. The zero-order chi connectivity index (χ0) is 15.1. The molecule has 22 heavy (non-hydrogen) atoms. The summed E-state index contributed by atoms with van der Waals surface area (Å²) < 4.78 is 1.88. The molecule has 1 amide bonds. The molecular weight excluding hydrogens is 274 g/mol. The van der Waals surface area contributed by atoms with Gasteiger partial charge in [0.05, 0.1) is 0 Å². The van der Waals surface area contributed by atoms with E-state index in [0.29, 0.717) is 5.69 Å². The predicted octanol–water partition coefficient (Wildman–Crippen LogP) is 3.24. The maximum atomic E-state index is 12.9. The highest BCUT2D eigenvalue weighted by Gasteiger charge is 2.25. The monoisotopic (exact) mass is 291 g/mol. The van der Waals surface area contributed by atoms with Gasteiger partial charge in [-0.15, -0.1) is 0 Å². The zero-order valence-corrected chi connectivity index (χ0v) is 12.5. The van der Waals surface area contributed by atoms with Crippen LogP contribution in [0.15, 0.2) is 48.8 Å². The molecule has 4 nitrogen and oxygen atoms in total. The van der Waals surface area contributed by atoms with Crippen molar-refractivity contribution in [3.63, 3.8) is 0 Å². The van der Waals surface area contributed by atoms with Gasteiger partial charge in [0.1, 0.15) is 11.3 Å². The lowest BCUT2D eigenvalue weighted by Crippen LogP contribution is -2.35. The van der Waals surface area contributed by atoms with Gasteiger partial charge in [-0.2, -0.15) is 0 Å². The Hall–Kier alpha value is -2.62. The van der Waals surface area contributed by atoms with E-state index in [2.05, 4.69) is 30.1 Å². The van der Waals surface area contributed by atoms with Gasteiger partial charge in [-0.25, -0.2) is 4.98 Å². The molecule has 0 bridgehead atoms. The third-order valence-corrected chi connectivity index (χ3v) is 4.18. The summed E-state index contributed by atoms with van der Waals surface area (Å²) >= 11 is 0. The van der Waals surface area contributed by atoms with Crippen LogP contribution in [-0.2, 0) is 6.42 Å². The van der Waals surface area contributed by atoms with Crippen LogP contribution < -0.4 is 4.90 Å². The summed E-state index contributed by atoms with van der Waals surface area (Å²) in [6.07, 6.45) is 5.74. The Balaban J connectivity index is 1.74. The van der Waals surface area contributed by atoms with Gasteiger partial charge in [-0.05, 0) is 43.5 Å². The second-order valence-corrected chi connectivity index (χ2v) is 5.78. The Kier molecular flexibility index (Phi) is 2.96. The molecule has 1 aliphatic rings. The minimum Gasteiger partial charge on any atom is -0.307 e. The third-order valence-electron chi connectivity index (χ3n) is 4.18. The first-order valence-electron chi connectivity index (χ1n) is 7.57. The van der Waals surface area contributed by atoms with E-state index in [1.54, 1.807) is 6.20 Å². The molecule has 2 aromatic heterocycles. The maximum Gasteiger partial charge on any atom is 0.278 e. The standard InChI is InChI=1S/C18H17N3O/c1-13-7-8-16-14(11-13)5-4-10-21(16)18(22)15-12-20-9-3-2-6-17(20)19-15/h2-3,6-9,11-12H,4-5,10H2,1H3. The van der Waals surface area contributed by atoms with Crippen molar-refractivity contribution < 1.29 is 4.79 Å². The van der Waals surface area contributed by atoms with E-state index in [0.717, 1.165) is 30.7 Å². The van der Waals surface area contributed by atoms with Gasteiger partial charge in [-0.3, -0.25) is 4.79 Å². The maximum absolute atomic E-state index is 12.9. The van der Waals surface area contributed by atoms with Gasteiger partial charge < -0.3 is 9.30 Å². The van der Waals surface area contributed by atoms with Gasteiger partial charge in [0, 0.05) is 24.6 Å². The van der Waals surface area contributed by atoms with E-state index in [1.807, 2.05) is 33.7 Å². The number of hydrogen-bond donors (Lipinski definition) is 0. The normalized spacial score (nSPS) is 14.1. The molecule has 3 aromatic rings. The topological polar surface area (TPSA) is 37.6 Å². The zero-order valence-electron chi connectivity index (χ0n) is 12.5. The van der Waals surface area contributed by atoms with Crippen LogP contribution in [0.2, 0.25) is 0 Å². The fourth-order valence-electron chi connectivity index (χ4n) is 3.11. The number of imidazole rings is 1.